The second-order valence-corrected chi connectivity index (χ2v) is 3.67. The van der Waals surface area contributed by atoms with Crippen molar-refractivity contribution in [2.24, 2.45) is 11.1 Å². The minimum atomic E-state index is 0.226. The van der Waals surface area contributed by atoms with Gasteiger partial charge in [-0.2, -0.15) is 0 Å². The predicted molar refractivity (Wildman–Crippen MR) is 47.9 cm³/mol. The molecule has 1 saturated carbocycles. The van der Waals surface area contributed by atoms with Gasteiger partial charge < -0.3 is 15.6 Å². The fourth-order valence-electron chi connectivity index (χ4n) is 1.40. The van der Waals surface area contributed by atoms with Gasteiger partial charge in [-0.05, 0) is 37.6 Å². The van der Waals surface area contributed by atoms with Crippen LogP contribution in [0.4, 0.5) is 0 Å². The van der Waals surface area contributed by atoms with E-state index in [1.165, 1.54) is 12.8 Å². The van der Waals surface area contributed by atoms with Crippen LogP contribution in [-0.4, -0.2) is 31.5 Å². The molecule has 0 bridgehead atoms. The van der Waals surface area contributed by atoms with Crippen LogP contribution in [0.5, 0.6) is 0 Å². The summed E-state index contributed by atoms with van der Waals surface area (Å²) >= 11 is 0. The smallest absolute Gasteiger partial charge is 0.0522 e. The number of ether oxygens (including phenoxy) is 1. The van der Waals surface area contributed by atoms with Gasteiger partial charge in [0.2, 0.25) is 0 Å². The van der Waals surface area contributed by atoms with Gasteiger partial charge in [0.05, 0.1) is 6.61 Å². The molecule has 0 radical (unpaired) electrons. The van der Waals surface area contributed by atoms with Crippen molar-refractivity contribution in [1.29, 1.82) is 0 Å². The summed E-state index contributed by atoms with van der Waals surface area (Å²) in [6, 6.07) is 0. The van der Waals surface area contributed by atoms with Crippen LogP contribution >= 0.6 is 0 Å². The standard InChI is InChI=1S/C9H19NO2/c10-5-4-9(2-3-9)8-12-7-1-6-11/h11H,1-8,10H2. The Morgan fingerprint density at radius 1 is 1.42 bits per heavy atom. The maximum absolute atomic E-state index is 8.51. The third-order valence-corrected chi connectivity index (χ3v) is 2.49. The lowest BCUT2D eigenvalue weighted by atomic mass is 10.0. The molecule has 1 rings (SSSR count). The fourth-order valence-corrected chi connectivity index (χ4v) is 1.40. The second-order valence-electron chi connectivity index (χ2n) is 3.67. The average molecular weight is 173 g/mol. The molecule has 0 aliphatic heterocycles. The molecule has 3 N–H and O–H groups in total. The average Bonchev–Trinajstić information content (AvgIpc) is 2.81. The molecule has 0 amide bonds. The summed E-state index contributed by atoms with van der Waals surface area (Å²) in [6.07, 6.45) is 4.37. The molecule has 0 aromatic rings. The Hall–Kier alpha value is -0.120. The van der Waals surface area contributed by atoms with Gasteiger partial charge in [0.25, 0.3) is 0 Å². The highest BCUT2D eigenvalue weighted by Crippen LogP contribution is 2.48. The molecule has 0 aromatic carbocycles. The largest absolute Gasteiger partial charge is 0.396 e. The third-order valence-electron chi connectivity index (χ3n) is 2.49. The summed E-state index contributed by atoms with van der Waals surface area (Å²) in [4.78, 5) is 0. The number of rotatable bonds is 7. The van der Waals surface area contributed by atoms with E-state index in [4.69, 9.17) is 15.6 Å². The maximum Gasteiger partial charge on any atom is 0.0522 e. The summed E-state index contributed by atoms with van der Waals surface area (Å²) in [5, 5.41) is 8.51. The Morgan fingerprint density at radius 3 is 2.67 bits per heavy atom. The van der Waals surface area contributed by atoms with E-state index in [0.717, 1.165) is 26.0 Å². The Morgan fingerprint density at radius 2 is 2.17 bits per heavy atom. The number of hydrogen-bond acceptors (Lipinski definition) is 3. The Balaban J connectivity index is 1.98. The van der Waals surface area contributed by atoms with Crippen molar-refractivity contribution in [3.05, 3.63) is 0 Å². The van der Waals surface area contributed by atoms with E-state index in [-0.39, 0.29) is 6.61 Å². The summed E-state index contributed by atoms with van der Waals surface area (Å²) in [6.45, 7) is 2.51. The zero-order valence-corrected chi connectivity index (χ0v) is 7.59. The SMILES string of the molecule is NCCC1(COCCCO)CC1. The summed E-state index contributed by atoms with van der Waals surface area (Å²) in [5.41, 5.74) is 5.91. The monoisotopic (exact) mass is 173 g/mol. The van der Waals surface area contributed by atoms with Gasteiger partial charge in [-0.15, -0.1) is 0 Å². The highest BCUT2D eigenvalue weighted by Gasteiger charge is 2.41. The zero-order chi connectivity index (χ0) is 8.86. The lowest BCUT2D eigenvalue weighted by Crippen LogP contribution is -2.16. The Kier molecular flexibility index (Phi) is 3.98. The van der Waals surface area contributed by atoms with Crippen LogP contribution in [-0.2, 0) is 4.74 Å². The van der Waals surface area contributed by atoms with Crippen molar-refractivity contribution in [3.8, 4) is 0 Å². The molecule has 1 fully saturated rings. The molecule has 0 spiro atoms. The maximum atomic E-state index is 8.51. The van der Waals surface area contributed by atoms with Crippen LogP contribution in [0.1, 0.15) is 25.7 Å². The number of nitrogens with two attached hydrogens (primary N) is 1. The van der Waals surface area contributed by atoms with Crippen LogP contribution in [0.15, 0.2) is 0 Å². The second kappa shape index (κ2) is 4.80. The molecule has 0 heterocycles. The molecule has 0 unspecified atom stereocenters. The van der Waals surface area contributed by atoms with E-state index in [1.807, 2.05) is 0 Å². The zero-order valence-electron chi connectivity index (χ0n) is 7.59. The molecule has 12 heavy (non-hydrogen) atoms. The van der Waals surface area contributed by atoms with Gasteiger partial charge in [0, 0.05) is 13.2 Å². The number of aliphatic hydroxyl groups is 1. The van der Waals surface area contributed by atoms with E-state index in [0.29, 0.717) is 12.0 Å². The van der Waals surface area contributed by atoms with E-state index >= 15 is 0 Å². The van der Waals surface area contributed by atoms with Crippen LogP contribution < -0.4 is 5.73 Å². The van der Waals surface area contributed by atoms with Crippen molar-refractivity contribution in [3.63, 3.8) is 0 Å². The molecule has 0 saturated heterocycles. The first-order chi connectivity index (χ1) is 5.83. The molecule has 1 aliphatic rings. The van der Waals surface area contributed by atoms with Crippen LogP contribution in [0, 0.1) is 5.41 Å². The molecule has 1 aliphatic carbocycles. The van der Waals surface area contributed by atoms with Gasteiger partial charge in [-0.1, -0.05) is 0 Å². The molecule has 0 aromatic heterocycles. The normalized spacial score (nSPS) is 19.5. The van der Waals surface area contributed by atoms with E-state index < -0.39 is 0 Å². The summed E-state index contributed by atoms with van der Waals surface area (Å²) < 4.78 is 5.44. The fraction of sp³-hybridized carbons (Fsp3) is 1.00. The lowest BCUT2D eigenvalue weighted by Gasteiger charge is -2.13. The molecular weight excluding hydrogens is 154 g/mol. The molecule has 3 nitrogen and oxygen atoms in total. The third kappa shape index (κ3) is 3.09. The van der Waals surface area contributed by atoms with Gasteiger partial charge in [-0.3, -0.25) is 0 Å². The van der Waals surface area contributed by atoms with Crippen molar-refractivity contribution in [2.75, 3.05) is 26.4 Å². The van der Waals surface area contributed by atoms with Crippen LogP contribution in [0.3, 0.4) is 0 Å². The molecule has 0 atom stereocenters. The Bertz CT molecular complexity index is 124. The summed E-state index contributed by atoms with van der Waals surface area (Å²) in [7, 11) is 0. The van der Waals surface area contributed by atoms with Crippen molar-refractivity contribution in [1.82, 2.24) is 0 Å². The van der Waals surface area contributed by atoms with Gasteiger partial charge >= 0.3 is 0 Å². The van der Waals surface area contributed by atoms with Crippen molar-refractivity contribution >= 4 is 0 Å². The predicted octanol–water partition coefficient (Wildman–Crippen LogP) is 0.514. The van der Waals surface area contributed by atoms with Crippen LogP contribution in [0.25, 0.3) is 0 Å². The van der Waals surface area contributed by atoms with Gasteiger partial charge in [0.15, 0.2) is 0 Å². The quantitative estimate of drug-likeness (QED) is 0.552. The minimum absolute atomic E-state index is 0.226. The molecule has 72 valence electrons. The number of hydrogen-bond donors (Lipinski definition) is 2. The van der Waals surface area contributed by atoms with Gasteiger partial charge in [0.1, 0.15) is 0 Å². The topological polar surface area (TPSA) is 55.5 Å². The van der Waals surface area contributed by atoms with E-state index in [9.17, 15) is 0 Å². The van der Waals surface area contributed by atoms with Gasteiger partial charge in [-0.25, -0.2) is 0 Å². The Labute approximate surface area is 73.9 Å². The molecule has 3 heteroatoms. The van der Waals surface area contributed by atoms with E-state index in [2.05, 4.69) is 0 Å². The van der Waals surface area contributed by atoms with Crippen LogP contribution in [0.2, 0.25) is 0 Å². The first-order valence-electron chi connectivity index (χ1n) is 4.72. The lowest BCUT2D eigenvalue weighted by molar-refractivity contribution is 0.0763. The highest BCUT2D eigenvalue weighted by atomic mass is 16.5. The summed E-state index contributed by atoms with van der Waals surface area (Å²) in [5.74, 6) is 0. The first-order valence-corrected chi connectivity index (χ1v) is 4.72. The van der Waals surface area contributed by atoms with E-state index in [1.54, 1.807) is 0 Å². The van der Waals surface area contributed by atoms with Crippen molar-refractivity contribution < 1.29 is 9.84 Å². The minimum Gasteiger partial charge on any atom is -0.396 e. The number of aliphatic hydroxyl groups excluding tert-OH is 1. The first kappa shape index (κ1) is 9.96. The molecular formula is C9H19NO2. The van der Waals surface area contributed by atoms with Crippen molar-refractivity contribution in [2.45, 2.75) is 25.7 Å². The highest BCUT2D eigenvalue weighted by molar-refractivity contribution is 4.92.